The molecule has 0 aromatic carbocycles. The van der Waals surface area contributed by atoms with E-state index in [1.165, 1.54) is 11.3 Å². The molecule has 3 heterocycles. The molecule has 6 heteroatoms. The molecule has 0 aliphatic carbocycles. The lowest BCUT2D eigenvalue weighted by Gasteiger charge is -2.12. The van der Waals surface area contributed by atoms with Crippen LogP contribution >= 0.6 is 11.3 Å². The summed E-state index contributed by atoms with van der Waals surface area (Å²) < 4.78 is 0. The SMILES string of the molecule is O=C(c1csc(Nc2ccccn2)n1)N1CCCC1. The van der Waals surface area contributed by atoms with Crippen LogP contribution in [0.25, 0.3) is 0 Å². The maximum absolute atomic E-state index is 12.1. The van der Waals surface area contributed by atoms with Crippen LogP contribution in [0.15, 0.2) is 29.8 Å². The summed E-state index contributed by atoms with van der Waals surface area (Å²) >= 11 is 1.42. The van der Waals surface area contributed by atoms with Gasteiger partial charge < -0.3 is 10.2 Å². The van der Waals surface area contributed by atoms with E-state index in [1.807, 2.05) is 23.1 Å². The first-order chi connectivity index (χ1) is 9.33. The molecule has 0 radical (unpaired) electrons. The van der Waals surface area contributed by atoms with E-state index in [9.17, 15) is 4.79 Å². The molecule has 1 aliphatic heterocycles. The number of amides is 1. The summed E-state index contributed by atoms with van der Waals surface area (Å²) in [6, 6.07) is 5.62. The monoisotopic (exact) mass is 274 g/mol. The summed E-state index contributed by atoms with van der Waals surface area (Å²) in [6.07, 6.45) is 3.90. The Kier molecular flexibility index (Phi) is 3.41. The Morgan fingerprint density at radius 1 is 1.32 bits per heavy atom. The molecule has 3 rings (SSSR count). The lowest BCUT2D eigenvalue weighted by atomic mass is 10.4. The van der Waals surface area contributed by atoms with E-state index in [1.54, 1.807) is 11.6 Å². The van der Waals surface area contributed by atoms with Crippen LogP contribution in [0, 0.1) is 0 Å². The predicted octanol–water partition coefficient (Wildman–Crippen LogP) is 2.52. The van der Waals surface area contributed by atoms with Crippen LogP contribution in [0.5, 0.6) is 0 Å². The van der Waals surface area contributed by atoms with Gasteiger partial charge in [0.05, 0.1) is 0 Å². The number of likely N-dealkylation sites (tertiary alicyclic amines) is 1. The minimum atomic E-state index is 0.0304. The standard InChI is InChI=1S/C13H14N4OS/c18-12(17-7-3-4-8-17)10-9-19-13(15-10)16-11-5-1-2-6-14-11/h1-2,5-6,9H,3-4,7-8H2,(H,14,15,16). The van der Waals surface area contributed by atoms with Crippen molar-refractivity contribution in [3.63, 3.8) is 0 Å². The lowest BCUT2D eigenvalue weighted by Crippen LogP contribution is -2.27. The molecule has 1 N–H and O–H groups in total. The van der Waals surface area contributed by atoms with Gasteiger partial charge in [-0.2, -0.15) is 0 Å². The molecule has 5 nitrogen and oxygen atoms in total. The summed E-state index contributed by atoms with van der Waals surface area (Å²) in [5.74, 6) is 0.764. The Balaban J connectivity index is 1.71. The molecule has 0 unspecified atom stereocenters. The average molecular weight is 274 g/mol. The van der Waals surface area contributed by atoms with E-state index in [4.69, 9.17) is 0 Å². The van der Waals surface area contributed by atoms with Crippen molar-refractivity contribution in [1.82, 2.24) is 14.9 Å². The molecule has 2 aromatic rings. The van der Waals surface area contributed by atoms with Crippen LogP contribution in [0.4, 0.5) is 10.9 Å². The van der Waals surface area contributed by atoms with Crippen molar-refractivity contribution in [3.05, 3.63) is 35.5 Å². The second-order valence-electron chi connectivity index (χ2n) is 4.38. The molecule has 19 heavy (non-hydrogen) atoms. The molecule has 0 spiro atoms. The smallest absolute Gasteiger partial charge is 0.273 e. The van der Waals surface area contributed by atoms with E-state index in [-0.39, 0.29) is 5.91 Å². The lowest BCUT2D eigenvalue weighted by molar-refractivity contribution is 0.0788. The maximum atomic E-state index is 12.1. The van der Waals surface area contributed by atoms with Gasteiger partial charge in [0.15, 0.2) is 5.13 Å². The van der Waals surface area contributed by atoms with E-state index in [0.29, 0.717) is 10.8 Å². The highest BCUT2D eigenvalue weighted by Gasteiger charge is 2.21. The van der Waals surface area contributed by atoms with Gasteiger partial charge in [-0.15, -0.1) is 11.3 Å². The van der Waals surface area contributed by atoms with Gasteiger partial charge in [-0.3, -0.25) is 4.79 Å². The van der Waals surface area contributed by atoms with Crippen molar-refractivity contribution in [2.45, 2.75) is 12.8 Å². The van der Waals surface area contributed by atoms with E-state index < -0.39 is 0 Å². The Morgan fingerprint density at radius 3 is 2.89 bits per heavy atom. The summed E-state index contributed by atoms with van der Waals surface area (Å²) in [5, 5.41) is 5.59. The van der Waals surface area contributed by atoms with Crippen LogP contribution in [0.3, 0.4) is 0 Å². The minimum Gasteiger partial charge on any atom is -0.337 e. The highest BCUT2D eigenvalue weighted by atomic mass is 32.1. The van der Waals surface area contributed by atoms with Crippen molar-refractivity contribution in [2.24, 2.45) is 0 Å². The van der Waals surface area contributed by atoms with Gasteiger partial charge in [-0.1, -0.05) is 6.07 Å². The van der Waals surface area contributed by atoms with E-state index in [0.717, 1.165) is 31.7 Å². The zero-order chi connectivity index (χ0) is 13.1. The van der Waals surface area contributed by atoms with Crippen LogP contribution in [-0.4, -0.2) is 33.9 Å². The zero-order valence-electron chi connectivity index (χ0n) is 10.4. The fraction of sp³-hybridized carbons (Fsp3) is 0.308. The topological polar surface area (TPSA) is 58.1 Å². The van der Waals surface area contributed by atoms with Crippen molar-refractivity contribution >= 4 is 28.2 Å². The second-order valence-corrected chi connectivity index (χ2v) is 5.24. The number of carbonyl (C=O) groups excluding carboxylic acids is 1. The second kappa shape index (κ2) is 5.36. The summed E-state index contributed by atoms with van der Waals surface area (Å²) in [5.41, 5.74) is 0.519. The number of nitrogens with zero attached hydrogens (tertiary/aromatic N) is 3. The highest BCUT2D eigenvalue weighted by molar-refractivity contribution is 7.14. The van der Waals surface area contributed by atoms with Crippen molar-refractivity contribution < 1.29 is 4.79 Å². The first kappa shape index (κ1) is 12.1. The summed E-state index contributed by atoms with van der Waals surface area (Å²) in [4.78, 5) is 22.5. The minimum absolute atomic E-state index is 0.0304. The van der Waals surface area contributed by atoms with Gasteiger partial charge in [0.1, 0.15) is 11.5 Å². The predicted molar refractivity (Wildman–Crippen MR) is 74.8 cm³/mol. The van der Waals surface area contributed by atoms with Crippen LogP contribution in [-0.2, 0) is 0 Å². The molecular weight excluding hydrogens is 260 g/mol. The number of hydrogen-bond acceptors (Lipinski definition) is 5. The molecular formula is C13H14N4OS. The third-order valence-corrected chi connectivity index (χ3v) is 3.77. The quantitative estimate of drug-likeness (QED) is 0.934. The summed E-state index contributed by atoms with van der Waals surface area (Å²) in [7, 11) is 0. The Bertz CT molecular complexity index is 563. The first-order valence-electron chi connectivity index (χ1n) is 6.26. The van der Waals surface area contributed by atoms with Gasteiger partial charge in [-0.05, 0) is 25.0 Å². The third-order valence-electron chi connectivity index (χ3n) is 3.02. The van der Waals surface area contributed by atoms with Crippen LogP contribution in [0.1, 0.15) is 23.3 Å². The van der Waals surface area contributed by atoms with Crippen LogP contribution in [0.2, 0.25) is 0 Å². The van der Waals surface area contributed by atoms with Gasteiger partial charge in [0.2, 0.25) is 0 Å². The number of anilines is 2. The fourth-order valence-corrected chi connectivity index (χ4v) is 2.75. The van der Waals surface area contributed by atoms with Gasteiger partial charge in [0, 0.05) is 24.7 Å². The molecule has 1 amide bonds. The van der Waals surface area contributed by atoms with Gasteiger partial charge in [-0.25, -0.2) is 9.97 Å². The van der Waals surface area contributed by atoms with Gasteiger partial charge >= 0.3 is 0 Å². The molecule has 2 aromatic heterocycles. The fourth-order valence-electron chi connectivity index (χ4n) is 2.06. The zero-order valence-corrected chi connectivity index (χ0v) is 11.2. The molecule has 0 saturated carbocycles. The number of rotatable bonds is 3. The molecule has 98 valence electrons. The number of hydrogen-bond donors (Lipinski definition) is 1. The highest BCUT2D eigenvalue weighted by Crippen LogP contribution is 2.21. The Hall–Kier alpha value is -1.95. The number of carbonyl (C=O) groups is 1. The van der Waals surface area contributed by atoms with Crippen molar-refractivity contribution in [1.29, 1.82) is 0 Å². The normalized spacial score (nSPS) is 14.6. The maximum Gasteiger partial charge on any atom is 0.273 e. The molecule has 1 saturated heterocycles. The van der Waals surface area contributed by atoms with Crippen molar-refractivity contribution in [2.75, 3.05) is 18.4 Å². The molecule has 0 atom stereocenters. The molecule has 1 aliphatic rings. The van der Waals surface area contributed by atoms with Crippen LogP contribution < -0.4 is 5.32 Å². The number of thiazole rings is 1. The molecule has 1 fully saturated rings. The number of pyridine rings is 1. The summed E-state index contributed by atoms with van der Waals surface area (Å²) in [6.45, 7) is 1.69. The Labute approximate surface area is 115 Å². The van der Waals surface area contributed by atoms with E-state index in [2.05, 4.69) is 15.3 Å². The molecule has 0 bridgehead atoms. The third kappa shape index (κ3) is 2.73. The largest absolute Gasteiger partial charge is 0.337 e. The number of aromatic nitrogens is 2. The van der Waals surface area contributed by atoms with E-state index >= 15 is 0 Å². The number of nitrogens with one attached hydrogen (secondary N) is 1. The van der Waals surface area contributed by atoms with Crippen molar-refractivity contribution in [3.8, 4) is 0 Å². The first-order valence-corrected chi connectivity index (χ1v) is 7.14. The average Bonchev–Trinajstić information content (AvgIpc) is 3.10. The van der Waals surface area contributed by atoms with Gasteiger partial charge in [0.25, 0.3) is 5.91 Å². The Morgan fingerprint density at radius 2 is 2.16 bits per heavy atom.